The van der Waals surface area contributed by atoms with E-state index in [1.54, 1.807) is 24.5 Å². The van der Waals surface area contributed by atoms with Crippen LogP contribution in [0, 0.1) is 0 Å². The quantitative estimate of drug-likeness (QED) is 0.808. The molecular formula is C17H20N4O2S. The van der Waals surface area contributed by atoms with E-state index in [0.717, 1.165) is 43.7 Å². The summed E-state index contributed by atoms with van der Waals surface area (Å²) in [5, 5.41) is 6.42. The molecule has 2 aliphatic heterocycles. The third-order valence-electron chi connectivity index (χ3n) is 4.84. The molecule has 0 N–H and O–H groups in total. The highest BCUT2D eigenvalue weighted by Crippen LogP contribution is 2.24. The van der Waals surface area contributed by atoms with E-state index >= 15 is 0 Å². The zero-order valence-corrected chi connectivity index (χ0v) is 14.5. The summed E-state index contributed by atoms with van der Waals surface area (Å²) in [6.07, 6.45) is 1.74. The van der Waals surface area contributed by atoms with Gasteiger partial charge >= 0.3 is 0 Å². The SMILES string of the molecule is Cn1nc2c(cc1=O)CN(CC(=O)N1CCc3sccc3C1)CC2. The van der Waals surface area contributed by atoms with E-state index < -0.39 is 0 Å². The van der Waals surface area contributed by atoms with Crippen molar-refractivity contribution in [2.45, 2.75) is 25.9 Å². The fraction of sp³-hybridized carbons (Fsp3) is 0.471. The highest BCUT2D eigenvalue weighted by molar-refractivity contribution is 7.10. The first kappa shape index (κ1) is 15.5. The first-order chi connectivity index (χ1) is 11.6. The lowest BCUT2D eigenvalue weighted by Crippen LogP contribution is -2.44. The van der Waals surface area contributed by atoms with Crippen molar-refractivity contribution in [3.05, 3.63) is 49.6 Å². The van der Waals surface area contributed by atoms with Crippen molar-refractivity contribution in [3.8, 4) is 0 Å². The second-order valence-corrected chi connectivity index (χ2v) is 7.47. The number of hydrogen-bond donors (Lipinski definition) is 0. The summed E-state index contributed by atoms with van der Waals surface area (Å²) in [5.41, 5.74) is 3.12. The standard InChI is InChI=1S/C17H20N4O2S/c1-19-16(22)8-13-9-20(5-2-14(13)18-19)11-17(23)21-6-3-15-12(10-21)4-7-24-15/h4,7-8H,2-3,5-6,9-11H2,1H3. The number of fused-ring (bicyclic) bond motifs is 2. The van der Waals surface area contributed by atoms with Gasteiger partial charge in [0.1, 0.15) is 0 Å². The molecule has 4 rings (SSSR count). The molecule has 0 unspecified atom stereocenters. The van der Waals surface area contributed by atoms with Crippen LogP contribution in [-0.4, -0.2) is 45.1 Å². The van der Waals surface area contributed by atoms with E-state index in [4.69, 9.17) is 0 Å². The summed E-state index contributed by atoms with van der Waals surface area (Å²) in [6.45, 7) is 3.38. The maximum atomic E-state index is 12.6. The second kappa shape index (κ2) is 6.14. The Kier molecular flexibility index (Phi) is 3.97. The van der Waals surface area contributed by atoms with Crippen molar-refractivity contribution >= 4 is 17.2 Å². The molecule has 0 aliphatic carbocycles. The maximum Gasteiger partial charge on any atom is 0.266 e. The normalized spacial score (nSPS) is 17.5. The summed E-state index contributed by atoms with van der Waals surface area (Å²) in [5.74, 6) is 0.173. The molecule has 0 radical (unpaired) electrons. The topological polar surface area (TPSA) is 58.4 Å². The summed E-state index contributed by atoms with van der Waals surface area (Å²) < 4.78 is 1.38. The van der Waals surface area contributed by atoms with E-state index in [1.165, 1.54) is 15.1 Å². The summed E-state index contributed by atoms with van der Waals surface area (Å²) in [4.78, 5) is 29.9. The lowest BCUT2D eigenvalue weighted by atomic mass is 10.1. The Labute approximate surface area is 144 Å². The van der Waals surface area contributed by atoms with Gasteiger partial charge in [0.25, 0.3) is 5.56 Å². The number of aryl methyl sites for hydroxylation is 1. The molecule has 6 nitrogen and oxygen atoms in total. The Hall–Kier alpha value is -1.99. The number of carbonyl (C=O) groups is 1. The van der Waals surface area contributed by atoms with Crippen molar-refractivity contribution in [2.75, 3.05) is 19.6 Å². The van der Waals surface area contributed by atoms with Crippen LogP contribution in [0.4, 0.5) is 0 Å². The minimum atomic E-state index is -0.0945. The number of carbonyl (C=O) groups excluding carboxylic acids is 1. The summed E-state index contributed by atoms with van der Waals surface area (Å²) >= 11 is 1.78. The monoisotopic (exact) mass is 344 g/mol. The van der Waals surface area contributed by atoms with Crippen molar-refractivity contribution in [2.24, 2.45) is 7.05 Å². The van der Waals surface area contributed by atoms with Crippen molar-refractivity contribution in [1.82, 2.24) is 19.6 Å². The number of aromatic nitrogens is 2. The van der Waals surface area contributed by atoms with E-state index in [2.05, 4.69) is 21.4 Å². The van der Waals surface area contributed by atoms with Crippen molar-refractivity contribution in [3.63, 3.8) is 0 Å². The highest BCUT2D eigenvalue weighted by Gasteiger charge is 2.25. The predicted molar refractivity (Wildman–Crippen MR) is 91.9 cm³/mol. The third kappa shape index (κ3) is 2.89. The minimum absolute atomic E-state index is 0.0945. The van der Waals surface area contributed by atoms with Gasteiger partial charge in [0, 0.05) is 50.6 Å². The Morgan fingerprint density at radius 1 is 1.25 bits per heavy atom. The van der Waals surface area contributed by atoms with Gasteiger partial charge in [-0.3, -0.25) is 14.5 Å². The van der Waals surface area contributed by atoms with Gasteiger partial charge < -0.3 is 4.90 Å². The molecule has 1 amide bonds. The number of hydrogen-bond acceptors (Lipinski definition) is 5. The molecule has 0 saturated heterocycles. The van der Waals surface area contributed by atoms with Gasteiger partial charge in [0.05, 0.1) is 12.2 Å². The molecule has 24 heavy (non-hydrogen) atoms. The van der Waals surface area contributed by atoms with Gasteiger partial charge in [-0.15, -0.1) is 11.3 Å². The Balaban J connectivity index is 1.42. The van der Waals surface area contributed by atoms with Crippen LogP contribution in [0.15, 0.2) is 22.3 Å². The van der Waals surface area contributed by atoms with Gasteiger partial charge in [-0.05, 0) is 29.0 Å². The molecular weight excluding hydrogens is 324 g/mol. The minimum Gasteiger partial charge on any atom is -0.337 e. The number of rotatable bonds is 2. The molecule has 7 heteroatoms. The van der Waals surface area contributed by atoms with Gasteiger partial charge in [-0.1, -0.05) is 0 Å². The van der Waals surface area contributed by atoms with E-state index in [0.29, 0.717) is 13.1 Å². The molecule has 0 fully saturated rings. The molecule has 2 aromatic rings. The molecule has 0 spiro atoms. The first-order valence-electron chi connectivity index (χ1n) is 8.21. The van der Waals surface area contributed by atoms with Crippen LogP contribution in [0.1, 0.15) is 21.7 Å². The summed E-state index contributed by atoms with van der Waals surface area (Å²) in [6, 6.07) is 3.77. The average molecular weight is 344 g/mol. The molecule has 2 aliphatic rings. The molecule has 0 aromatic carbocycles. The van der Waals surface area contributed by atoms with Gasteiger partial charge in [-0.25, -0.2) is 4.68 Å². The van der Waals surface area contributed by atoms with Crippen LogP contribution in [0.25, 0.3) is 0 Å². The molecule has 2 aromatic heterocycles. The maximum absolute atomic E-state index is 12.6. The molecule has 4 heterocycles. The van der Waals surface area contributed by atoms with E-state index in [1.807, 2.05) is 4.90 Å². The van der Waals surface area contributed by atoms with Crippen LogP contribution in [0.2, 0.25) is 0 Å². The number of nitrogens with zero attached hydrogens (tertiary/aromatic N) is 4. The van der Waals surface area contributed by atoms with Gasteiger partial charge in [0.15, 0.2) is 0 Å². The highest BCUT2D eigenvalue weighted by atomic mass is 32.1. The Morgan fingerprint density at radius 2 is 2.12 bits per heavy atom. The lowest BCUT2D eigenvalue weighted by molar-refractivity contribution is -0.133. The first-order valence-corrected chi connectivity index (χ1v) is 9.09. The van der Waals surface area contributed by atoms with E-state index in [-0.39, 0.29) is 11.5 Å². The Bertz CT molecular complexity index is 841. The van der Waals surface area contributed by atoms with Crippen LogP contribution >= 0.6 is 11.3 Å². The van der Waals surface area contributed by atoms with Crippen LogP contribution < -0.4 is 5.56 Å². The van der Waals surface area contributed by atoms with Gasteiger partial charge in [0.2, 0.25) is 5.91 Å². The number of thiophene rings is 1. The lowest BCUT2D eigenvalue weighted by Gasteiger charge is -2.32. The second-order valence-electron chi connectivity index (χ2n) is 6.47. The zero-order valence-electron chi connectivity index (χ0n) is 13.7. The van der Waals surface area contributed by atoms with E-state index in [9.17, 15) is 9.59 Å². The molecule has 126 valence electrons. The predicted octanol–water partition coefficient (Wildman–Crippen LogP) is 0.785. The Morgan fingerprint density at radius 3 is 3.00 bits per heavy atom. The largest absolute Gasteiger partial charge is 0.337 e. The molecule has 0 saturated carbocycles. The third-order valence-corrected chi connectivity index (χ3v) is 5.86. The smallest absolute Gasteiger partial charge is 0.266 e. The van der Waals surface area contributed by atoms with Crippen LogP contribution in [0.3, 0.4) is 0 Å². The van der Waals surface area contributed by atoms with Gasteiger partial charge in [-0.2, -0.15) is 5.10 Å². The fourth-order valence-corrected chi connectivity index (χ4v) is 4.33. The fourth-order valence-electron chi connectivity index (χ4n) is 3.44. The van der Waals surface area contributed by atoms with Crippen molar-refractivity contribution in [1.29, 1.82) is 0 Å². The molecule has 0 atom stereocenters. The van der Waals surface area contributed by atoms with Crippen LogP contribution in [-0.2, 0) is 37.8 Å². The summed E-state index contributed by atoms with van der Waals surface area (Å²) in [7, 11) is 1.67. The average Bonchev–Trinajstić information content (AvgIpc) is 3.03. The zero-order chi connectivity index (χ0) is 16.7. The van der Waals surface area contributed by atoms with Crippen molar-refractivity contribution < 1.29 is 4.79 Å². The van der Waals surface area contributed by atoms with Crippen LogP contribution in [0.5, 0.6) is 0 Å². The number of amides is 1. The molecule has 0 bridgehead atoms.